The van der Waals surface area contributed by atoms with Gasteiger partial charge in [0.05, 0.1) is 18.7 Å². The highest BCUT2D eigenvalue weighted by Crippen LogP contribution is 2.20. The number of hydrogen-bond acceptors (Lipinski definition) is 6. The molecule has 0 atom stereocenters. The van der Waals surface area contributed by atoms with Crippen LogP contribution in [0.4, 0.5) is 0 Å². The van der Waals surface area contributed by atoms with Gasteiger partial charge in [0.1, 0.15) is 12.0 Å². The van der Waals surface area contributed by atoms with Gasteiger partial charge in [-0.15, -0.1) is 0 Å². The van der Waals surface area contributed by atoms with Gasteiger partial charge in [-0.05, 0) is 30.7 Å². The molecule has 122 valence electrons. The molecule has 3 heterocycles. The molecule has 0 aliphatic carbocycles. The molecule has 1 aromatic carbocycles. The van der Waals surface area contributed by atoms with E-state index in [0.29, 0.717) is 24.8 Å². The number of rotatable bonds is 4. The summed E-state index contributed by atoms with van der Waals surface area (Å²) in [6.07, 6.45) is 3.90. The van der Waals surface area contributed by atoms with Crippen LogP contribution in [0.25, 0.3) is 10.9 Å². The first kappa shape index (κ1) is 14.6. The second kappa shape index (κ2) is 6.29. The third-order valence-electron chi connectivity index (χ3n) is 3.69. The van der Waals surface area contributed by atoms with Crippen LogP contribution in [-0.2, 0) is 11.4 Å². The van der Waals surface area contributed by atoms with E-state index < -0.39 is 0 Å². The van der Waals surface area contributed by atoms with Gasteiger partial charge in [0.2, 0.25) is 5.89 Å². The van der Waals surface area contributed by atoms with E-state index in [1.165, 1.54) is 11.3 Å². The van der Waals surface area contributed by atoms with E-state index >= 15 is 0 Å². The number of aromatic nitrogens is 2. The number of hydrogen-bond donors (Lipinski definition) is 0. The van der Waals surface area contributed by atoms with Crippen molar-refractivity contribution in [3.05, 3.63) is 54.4 Å². The Balaban J connectivity index is 1.42. The largest absolute Gasteiger partial charge is 0.484 e. The number of benzene rings is 1. The van der Waals surface area contributed by atoms with Crippen molar-refractivity contribution in [1.82, 2.24) is 15.0 Å². The zero-order valence-corrected chi connectivity index (χ0v) is 12.8. The van der Waals surface area contributed by atoms with E-state index in [1.807, 2.05) is 30.3 Å². The van der Waals surface area contributed by atoms with E-state index in [1.54, 1.807) is 6.20 Å². The Hall–Kier alpha value is -2.93. The first-order valence-electron chi connectivity index (χ1n) is 7.66. The molecular weight excluding hydrogens is 310 g/mol. The van der Waals surface area contributed by atoms with Gasteiger partial charge in [0, 0.05) is 11.6 Å². The fourth-order valence-corrected chi connectivity index (χ4v) is 2.50. The summed E-state index contributed by atoms with van der Waals surface area (Å²) in [5.41, 5.74) is 1.12. The molecule has 1 aliphatic heterocycles. The van der Waals surface area contributed by atoms with Crippen molar-refractivity contribution in [2.24, 2.45) is 0 Å². The lowest BCUT2D eigenvalue weighted by Gasteiger charge is -2.10. The van der Waals surface area contributed by atoms with E-state index in [2.05, 4.69) is 9.97 Å². The van der Waals surface area contributed by atoms with Crippen molar-refractivity contribution < 1.29 is 18.8 Å². The summed E-state index contributed by atoms with van der Waals surface area (Å²) in [6.45, 7) is 1.26. The standard InChI is InChI=1S/C17H15N3O4/c21-17(20-7-2-8-24-20)15-10-23-16(19-15)11-22-13-4-5-14-12(9-13)3-1-6-18-14/h1,3-6,9-10H,2,7-8,11H2. The van der Waals surface area contributed by atoms with Gasteiger partial charge < -0.3 is 9.15 Å². The zero-order valence-electron chi connectivity index (χ0n) is 12.8. The Labute approximate surface area is 137 Å². The highest BCUT2D eigenvalue weighted by Gasteiger charge is 2.23. The maximum Gasteiger partial charge on any atom is 0.299 e. The number of ether oxygens (including phenoxy) is 1. The predicted molar refractivity (Wildman–Crippen MR) is 84.2 cm³/mol. The lowest BCUT2D eigenvalue weighted by atomic mass is 10.2. The van der Waals surface area contributed by atoms with E-state index in [4.69, 9.17) is 14.0 Å². The van der Waals surface area contributed by atoms with Crippen LogP contribution >= 0.6 is 0 Å². The Morgan fingerprint density at radius 3 is 3.17 bits per heavy atom. The van der Waals surface area contributed by atoms with Crippen LogP contribution in [0.2, 0.25) is 0 Å². The molecule has 24 heavy (non-hydrogen) atoms. The molecule has 7 heteroatoms. The molecule has 0 N–H and O–H groups in total. The predicted octanol–water partition coefficient (Wildman–Crippen LogP) is 2.58. The number of hydroxylamine groups is 2. The quantitative estimate of drug-likeness (QED) is 0.734. The summed E-state index contributed by atoms with van der Waals surface area (Å²) in [4.78, 5) is 25.7. The van der Waals surface area contributed by atoms with Gasteiger partial charge >= 0.3 is 0 Å². The molecule has 1 amide bonds. The average molecular weight is 325 g/mol. The maximum absolute atomic E-state index is 12.1. The lowest BCUT2D eigenvalue weighted by Crippen LogP contribution is -2.26. The second-order valence-electron chi connectivity index (χ2n) is 5.37. The number of amides is 1. The monoisotopic (exact) mass is 325 g/mol. The molecule has 7 nitrogen and oxygen atoms in total. The molecule has 1 aliphatic rings. The number of fused-ring (bicyclic) bond motifs is 1. The molecular formula is C17H15N3O4. The minimum absolute atomic E-state index is 0.139. The highest BCUT2D eigenvalue weighted by molar-refractivity contribution is 5.91. The van der Waals surface area contributed by atoms with E-state index in [9.17, 15) is 4.79 Å². The summed E-state index contributed by atoms with van der Waals surface area (Å²) >= 11 is 0. The van der Waals surface area contributed by atoms with Gasteiger partial charge in [0.15, 0.2) is 12.3 Å². The van der Waals surface area contributed by atoms with Crippen molar-refractivity contribution in [3.63, 3.8) is 0 Å². The molecule has 0 unspecified atom stereocenters. The third-order valence-corrected chi connectivity index (χ3v) is 3.69. The minimum atomic E-state index is -0.292. The highest BCUT2D eigenvalue weighted by atomic mass is 16.7. The fourth-order valence-electron chi connectivity index (χ4n) is 2.50. The molecule has 2 aromatic heterocycles. The van der Waals surface area contributed by atoms with E-state index in [0.717, 1.165) is 17.3 Å². The van der Waals surface area contributed by atoms with Crippen LogP contribution < -0.4 is 4.74 Å². The summed E-state index contributed by atoms with van der Waals surface area (Å²) in [7, 11) is 0. The van der Waals surface area contributed by atoms with Gasteiger partial charge in [0.25, 0.3) is 5.91 Å². The molecule has 0 saturated carbocycles. The minimum Gasteiger partial charge on any atom is -0.484 e. The zero-order chi connectivity index (χ0) is 16.4. The van der Waals surface area contributed by atoms with Crippen molar-refractivity contribution >= 4 is 16.8 Å². The van der Waals surface area contributed by atoms with Gasteiger partial charge in [-0.2, -0.15) is 0 Å². The summed E-state index contributed by atoms with van der Waals surface area (Å²) in [6, 6.07) is 9.46. The van der Waals surface area contributed by atoms with E-state index in [-0.39, 0.29) is 18.2 Å². The van der Waals surface area contributed by atoms with Crippen LogP contribution in [0.5, 0.6) is 5.75 Å². The Kier molecular flexibility index (Phi) is 3.84. The smallest absolute Gasteiger partial charge is 0.299 e. The van der Waals surface area contributed by atoms with Crippen LogP contribution in [-0.4, -0.2) is 34.1 Å². The number of oxazole rings is 1. The van der Waals surface area contributed by atoms with Crippen LogP contribution in [0, 0.1) is 0 Å². The summed E-state index contributed by atoms with van der Waals surface area (Å²) < 4.78 is 11.0. The normalized spacial score (nSPS) is 14.2. The Bertz CT molecular complexity index is 871. The average Bonchev–Trinajstić information content (AvgIpc) is 3.31. The molecule has 0 spiro atoms. The first-order valence-corrected chi connectivity index (χ1v) is 7.66. The van der Waals surface area contributed by atoms with Crippen molar-refractivity contribution in [1.29, 1.82) is 0 Å². The number of carbonyl (C=O) groups excluding carboxylic acids is 1. The second-order valence-corrected chi connectivity index (χ2v) is 5.37. The van der Waals surface area contributed by atoms with Gasteiger partial charge in [-0.3, -0.25) is 14.6 Å². The first-order chi connectivity index (χ1) is 11.8. The van der Waals surface area contributed by atoms with Crippen LogP contribution in [0.15, 0.2) is 47.2 Å². The lowest BCUT2D eigenvalue weighted by molar-refractivity contribution is -0.0771. The van der Waals surface area contributed by atoms with Crippen molar-refractivity contribution in [3.8, 4) is 5.75 Å². The summed E-state index contributed by atoms with van der Waals surface area (Å²) in [5.74, 6) is 0.729. The third kappa shape index (κ3) is 2.93. The van der Waals surface area contributed by atoms with Crippen LogP contribution in [0.3, 0.4) is 0 Å². The number of carbonyl (C=O) groups is 1. The topological polar surface area (TPSA) is 77.7 Å². The molecule has 0 bridgehead atoms. The fraction of sp³-hybridized carbons (Fsp3) is 0.235. The van der Waals surface area contributed by atoms with Gasteiger partial charge in [-0.25, -0.2) is 10.0 Å². The molecule has 3 aromatic rings. The molecule has 0 radical (unpaired) electrons. The Morgan fingerprint density at radius 1 is 1.33 bits per heavy atom. The van der Waals surface area contributed by atoms with Crippen LogP contribution in [0.1, 0.15) is 22.8 Å². The molecule has 4 rings (SSSR count). The summed E-state index contributed by atoms with van der Waals surface area (Å²) in [5, 5.41) is 2.29. The SMILES string of the molecule is O=C(c1coc(COc2ccc3ncccc3c2)n1)N1CCCO1. The van der Waals surface area contributed by atoms with Crippen molar-refractivity contribution in [2.45, 2.75) is 13.0 Å². The van der Waals surface area contributed by atoms with Crippen molar-refractivity contribution in [2.75, 3.05) is 13.2 Å². The molecule has 1 saturated heterocycles. The molecule has 1 fully saturated rings. The number of nitrogens with zero attached hydrogens (tertiary/aromatic N) is 3. The maximum atomic E-state index is 12.1. The Morgan fingerprint density at radius 2 is 2.29 bits per heavy atom. The van der Waals surface area contributed by atoms with Gasteiger partial charge in [-0.1, -0.05) is 6.07 Å². The number of pyridine rings is 1.